The molecule has 0 aromatic heterocycles. The Morgan fingerprint density at radius 1 is 1.53 bits per heavy atom. The van der Waals surface area contributed by atoms with Gasteiger partial charge in [0.1, 0.15) is 5.69 Å². The van der Waals surface area contributed by atoms with Gasteiger partial charge in [-0.05, 0) is 30.9 Å². The molecule has 0 amide bonds. The molecule has 19 heavy (non-hydrogen) atoms. The standard InChI is InChI=1S/C14H21N3O2/c1-9(2)15-8-12-5-4-11-6-10(3)7-13(17(18)19)14(11)16-12/h6-7,9,12,15-16H,4-5,8H2,1-3H3/t12-/m0/s1. The number of rotatable bonds is 4. The van der Waals surface area contributed by atoms with E-state index < -0.39 is 0 Å². The van der Waals surface area contributed by atoms with E-state index in [1.54, 1.807) is 6.07 Å². The van der Waals surface area contributed by atoms with E-state index in [1.807, 2.05) is 13.0 Å². The lowest BCUT2D eigenvalue weighted by Gasteiger charge is -2.28. The molecule has 1 aliphatic heterocycles. The monoisotopic (exact) mass is 263 g/mol. The number of benzene rings is 1. The largest absolute Gasteiger partial charge is 0.375 e. The van der Waals surface area contributed by atoms with Crippen LogP contribution in [0.15, 0.2) is 12.1 Å². The van der Waals surface area contributed by atoms with Crippen LogP contribution < -0.4 is 10.6 Å². The van der Waals surface area contributed by atoms with Crippen molar-refractivity contribution in [1.29, 1.82) is 0 Å². The van der Waals surface area contributed by atoms with Gasteiger partial charge in [0.2, 0.25) is 0 Å². The maximum absolute atomic E-state index is 11.1. The predicted molar refractivity (Wildman–Crippen MR) is 76.7 cm³/mol. The van der Waals surface area contributed by atoms with Crippen LogP contribution >= 0.6 is 0 Å². The Balaban J connectivity index is 2.21. The van der Waals surface area contributed by atoms with Crippen molar-refractivity contribution in [3.8, 4) is 0 Å². The average molecular weight is 263 g/mol. The SMILES string of the molecule is Cc1cc2c(c([N+](=O)[O-])c1)N[C@H](CNC(C)C)CC2. The lowest BCUT2D eigenvalue weighted by Crippen LogP contribution is -2.38. The van der Waals surface area contributed by atoms with Crippen LogP contribution in [0.25, 0.3) is 0 Å². The van der Waals surface area contributed by atoms with Crippen molar-refractivity contribution in [2.75, 3.05) is 11.9 Å². The maximum atomic E-state index is 11.1. The van der Waals surface area contributed by atoms with Crippen molar-refractivity contribution in [1.82, 2.24) is 5.32 Å². The second-order valence-electron chi connectivity index (χ2n) is 5.52. The first kappa shape index (κ1) is 13.8. The first-order chi connectivity index (χ1) is 8.97. The first-order valence-corrected chi connectivity index (χ1v) is 6.75. The van der Waals surface area contributed by atoms with E-state index in [-0.39, 0.29) is 16.7 Å². The number of fused-ring (bicyclic) bond motifs is 1. The van der Waals surface area contributed by atoms with Gasteiger partial charge in [0.25, 0.3) is 5.69 Å². The number of nitrogens with zero attached hydrogens (tertiary/aromatic N) is 1. The van der Waals surface area contributed by atoms with E-state index in [4.69, 9.17) is 0 Å². The Morgan fingerprint density at radius 3 is 2.89 bits per heavy atom. The van der Waals surface area contributed by atoms with Crippen molar-refractivity contribution < 1.29 is 4.92 Å². The first-order valence-electron chi connectivity index (χ1n) is 6.75. The van der Waals surface area contributed by atoms with Gasteiger partial charge in [-0.1, -0.05) is 19.9 Å². The van der Waals surface area contributed by atoms with E-state index >= 15 is 0 Å². The topological polar surface area (TPSA) is 67.2 Å². The highest BCUT2D eigenvalue weighted by molar-refractivity contribution is 5.69. The van der Waals surface area contributed by atoms with Crippen molar-refractivity contribution in [3.05, 3.63) is 33.4 Å². The van der Waals surface area contributed by atoms with Crippen LogP contribution in [0.4, 0.5) is 11.4 Å². The fourth-order valence-corrected chi connectivity index (χ4v) is 2.49. The molecule has 0 unspecified atom stereocenters. The van der Waals surface area contributed by atoms with Gasteiger partial charge >= 0.3 is 0 Å². The van der Waals surface area contributed by atoms with Crippen LogP contribution in [0.3, 0.4) is 0 Å². The summed E-state index contributed by atoms with van der Waals surface area (Å²) >= 11 is 0. The second-order valence-corrected chi connectivity index (χ2v) is 5.52. The van der Waals surface area contributed by atoms with Crippen LogP contribution in [-0.2, 0) is 6.42 Å². The predicted octanol–water partition coefficient (Wildman–Crippen LogP) is 2.63. The maximum Gasteiger partial charge on any atom is 0.292 e. The molecule has 1 aromatic rings. The molecular weight excluding hydrogens is 242 g/mol. The van der Waals surface area contributed by atoms with E-state index in [0.29, 0.717) is 11.7 Å². The molecule has 0 saturated carbocycles. The molecular formula is C14H21N3O2. The molecule has 5 heteroatoms. The number of nitro benzene ring substituents is 1. The minimum atomic E-state index is -0.295. The number of aryl methyl sites for hydroxylation is 2. The van der Waals surface area contributed by atoms with E-state index in [0.717, 1.165) is 30.5 Å². The third-order valence-electron chi connectivity index (χ3n) is 3.42. The van der Waals surface area contributed by atoms with Gasteiger partial charge in [-0.3, -0.25) is 10.1 Å². The van der Waals surface area contributed by atoms with Gasteiger partial charge < -0.3 is 10.6 Å². The van der Waals surface area contributed by atoms with Gasteiger partial charge in [0.15, 0.2) is 0 Å². The normalized spacial score (nSPS) is 18.0. The van der Waals surface area contributed by atoms with Crippen molar-refractivity contribution >= 4 is 11.4 Å². The van der Waals surface area contributed by atoms with Crippen molar-refractivity contribution in [3.63, 3.8) is 0 Å². The molecule has 0 saturated heterocycles. The third-order valence-corrected chi connectivity index (χ3v) is 3.42. The van der Waals surface area contributed by atoms with Gasteiger partial charge in [-0.2, -0.15) is 0 Å². The summed E-state index contributed by atoms with van der Waals surface area (Å²) < 4.78 is 0. The zero-order valence-corrected chi connectivity index (χ0v) is 11.7. The average Bonchev–Trinajstić information content (AvgIpc) is 2.35. The Labute approximate surface area is 113 Å². The lowest BCUT2D eigenvalue weighted by molar-refractivity contribution is -0.384. The van der Waals surface area contributed by atoms with Gasteiger partial charge in [0, 0.05) is 24.7 Å². The minimum Gasteiger partial charge on any atom is -0.375 e. The van der Waals surface area contributed by atoms with E-state index in [2.05, 4.69) is 24.5 Å². The molecule has 5 nitrogen and oxygen atoms in total. The van der Waals surface area contributed by atoms with Crippen LogP contribution in [0, 0.1) is 17.0 Å². The summed E-state index contributed by atoms with van der Waals surface area (Å²) in [5.74, 6) is 0. The fourth-order valence-electron chi connectivity index (χ4n) is 2.49. The molecule has 0 bridgehead atoms. The zero-order chi connectivity index (χ0) is 14.0. The summed E-state index contributed by atoms with van der Waals surface area (Å²) in [7, 11) is 0. The quantitative estimate of drug-likeness (QED) is 0.647. The summed E-state index contributed by atoms with van der Waals surface area (Å²) in [6, 6.07) is 4.37. The molecule has 0 radical (unpaired) electrons. The van der Waals surface area contributed by atoms with E-state index in [9.17, 15) is 10.1 Å². The summed E-state index contributed by atoms with van der Waals surface area (Å²) in [6.45, 7) is 6.94. The number of anilines is 1. The number of nitro groups is 1. The minimum absolute atomic E-state index is 0.198. The Hall–Kier alpha value is -1.62. The zero-order valence-electron chi connectivity index (χ0n) is 11.7. The molecule has 0 aliphatic carbocycles. The Kier molecular flexibility index (Phi) is 4.04. The highest BCUT2D eigenvalue weighted by Gasteiger charge is 2.25. The summed E-state index contributed by atoms with van der Waals surface area (Å²) in [5.41, 5.74) is 2.92. The van der Waals surface area contributed by atoms with Crippen LogP contribution in [0.5, 0.6) is 0 Å². The van der Waals surface area contributed by atoms with E-state index in [1.165, 1.54) is 0 Å². The Bertz CT molecular complexity index is 486. The summed E-state index contributed by atoms with van der Waals surface area (Å²) in [5, 5.41) is 17.8. The van der Waals surface area contributed by atoms with Gasteiger partial charge in [-0.15, -0.1) is 0 Å². The molecule has 1 aromatic carbocycles. The molecule has 2 rings (SSSR count). The fraction of sp³-hybridized carbons (Fsp3) is 0.571. The smallest absolute Gasteiger partial charge is 0.292 e. The Morgan fingerprint density at radius 2 is 2.26 bits per heavy atom. The number of hydrogen-bond acceptors (Lipinski definition) is 4. The molecule has 1 aliphatic rings. The van der Waals surface area contributed by atoms with Crippen molar-refractivity contribution in [2.24, 2.45) is 0 Å². The third kappa shape index (κ3) is 3.23. The second kappa shape index (κ2) is 5.57. The van der Waals surface area contributed by atoms with Gasteiger partial charge in [-0.25, -0.2) is 0 Å². The highest BCUT2D eigenvalue weighted by atomic mass is 16.6. The highest BCUT2D eigenvalue weighted by Crippen LogP contribution is 2.34. The molecule has 0 fully saturated rings. The molecule has 0 spiro atoms. The summed E-state index contributed by atoms with van der Waals surface area (Å²) in [4.78, 5) is 10.9. The molecule has 1 heterocycles. The number of nitrogens with one attached hydrogen (secondary N) is 2. The van der Waals surface area contributed by atoms with Gasteiger partial charge in [0.05, 0.1) is 4.92 Å². The van der Waals surface area contributed by atoms with Crippen molar-refractivity contribution in [2.45, 2.75) is 45.7 Å². The number of hydrogen-bond donors (Lipinski definition) is 2. The molecule has 2 N–H and O–H groups in total. The molecule has 104 valence electrons. The molecule has 1 atom stereocenters. The lowest BCUT2D eigenvalue weighted by atomic mass is 9.95. The van der Waals surface area contributed by atoms with Crippen LogP contribution in [0.1, 0.15) is 31.4 Å². The van der Waals surface area contributed by atoms with Crippen LogP contribution in [0.2, 0.25) is 0 Å². The summed E-state index contributed by atoms with van der Waals surface area (Å²) in [6.07, 6.45) is 1.91. The van der Waals surface area contributed by atoms with Crippen LogP contribution in [-0.4, -0.2) is 23.6 Å².